The lowest BCUT2D eigenvalue weighted by Crippen LogP contribution is -2.29. The number of carbonyl (C=O) groups is 1. The minimum Gasteiger partial charge on any atom is -0.345 e. The van der Waals surface area contributed by atoms with Crippen molar-refractivity contribution in [1.29, 1.82) is 0 Å². The molecule has 0 aliphatic carbocycles. The maximum absolute atomic E-state index is 12.7. The highest BCUT2D eigenvalue weighted by atomic mass is 35.5. The quantitative estimate of drug-likeness (QED) is 0.818. The molecule has 0 bridgehead atoms. The highest BCUT2D eigenvalue weighted by Gasteiger charge is 2.28. The summed E-state index contributed by atoms with van der Waals surface area (Å²) in [5.74, 6) is -0.397. The van der Waals surface area contributed by atoms with Gasteiger partial charge >= 0.3 is 0 Å². The number of carbonyl (C=O) groups excluding carboxylic acids is 1. The van der Waals surface area contributed by atoms with Crippen molar-refractivity contribution in [3.63, 3.8) is 0 Å². The molecule has 0 aromatic heterocycles. The summed E-state index contributed by atoms with van der Waals surface area (Å²) in [6.07, 6.45) is 1.71. The van der Waals surface area contributed by atoms with E-state index in [1.54, 1.807) is 0 Å². The van der Waals surface area contributed by atoms with Crippen LogP contribution in [0, 0.1) is 6.92 Å². The van der Waals surface area contributed by atoms with Crippen LogP contribution in [-0.2, 0) is 10.0 Å². The highest BCUT2D eigenvalue weighted by molar-refractivity contribution is 7.89. The Labute approximate surface area is 165 Å². The SMILES string of the molecule is Cc1ccc(C(C)NC(=O)c2cc(S(=O)(=O)N3CCCC3)ccc2Cl)cc1. The first-order valence-corrected chi connectivity index (χ1v) is 10.8. The van der Waals surface area contributed by atoms with E-state index in [2.05, 4.69) is 5.32 Å². The van der Waals surface area contributed by atoms with Gasteiger partial charge in [0.05, 0.1) is 21.5 Å². The van der Waals surface area contributed by atoms with Crippen molar-refractivity contribution in [2.24, 2.45) is 0 Å². The molecule has 0 saturated carbocycles. The summed E-state index contributed by atoms with van der Waals surface area (Å²) >= 11 is 6.18. The molecule has 1 aliphatic heterocycles. The lowest BCUT2D eigenvalue weighted by Gasteiger charge is -2.18. The molecule has 2 aromatic carbocycles. The van der Waals surface area contributed by atoms with E-state index in [0.29, 0.717) is 13.1 Å². The van der Waals surface area contributed by atoms with E-state index in [1.165, 1.54) is 22.5 Å². The van der Waals surface area contributed by atoms with Crippen LogP contribution in [0.4, 0.5) is 0 Å². The average molecular weight is 407 g/mol. The number of hydrogen-bond donors (Lipinski definition) is 1. The van der Waals surface area contributed by atoms with Gasteiger partial charge in [-0.25, -0.2) is 8.42 Å². The summed E-state index contributed by atoms with van der Waals surface area (Å²) in [5.41, 5.74) is 2.27. The van der Waals surface area contributed by atoms with Crippen LogP contribution in [0.1, 0.15) is 47.3 Å². The second-order valence-electron chi connectivity index (χ2n) is 6.86. The Morgan fingerprint density at radius 1 is 1.11 bits per heavy atom. The molecule has 0 radical (unpaired) electrons. The van der Waals surface area contributed by atoms with Crippen molar-refractivity contribution < 1.29 is 13.2 Å². The molecule has 144 valence electrons. The lowest BCUT2D eigenvalue weighted by molar-refractivity contribution is 0.0940. The molecular weight excluding hydrogens is 384 g/mol. The van der Waals surface area contributed by atoms with Gasteiger partial charge in [-0.2, -0.15) is 4.31 Å². The molecule has 5 nitrogen and oxygen atoms in total. The third-order valence-electron chi connectivity index (χ3n) is 4.81. The second kappa shape index (κ2) is 8.00. The minimum atomic E-state index is -3.60. The standard InChI is InChI=1S/C20H23ClN2O3S/c1-14-5-7-16(8-6-14)15(2)22-20(24)18-13-17(9-10-19(18)21)27(25,26)23-11-3-4-12-23/h5-10,13,15H,3-4,11-12H2,1-2H3,(H,22,24). The number of halogens is 1. The number of rotatable bonds is 5. The Morgan fingerprint density at radius 2 is 1.74 bits per heavy atom. The number of hydrogen-bond acceptors (Lipinski definition) is 3. The summed E-state index contributed by atoms with van der Waals surface area (Å²) < 4.78 is 26.9. The molecule has 1 amide bonds. The van der Waals surface area contributed by atoms with Gasteiger partial charge in [0, 0.05) is 13.1 Å². The molecule has 1 heterocycles. The number of aryl methyl sites for hydroxylation is 1. The average Bonchev–Trinajstić information content (AvgIpc) is 3.18. The van der Waals surface area contributed by atoms with Crippen LogP contribution in [0.5, 0.6) is 0 Å². The largest absolute Gasteiger partial charge is 0.345 e. The monoisotopic (exact) mass is 406 g/mol. The van der Waals surface area contributed by atoms with E-state index in [4.69, 9.17) is 11.6 Å². The first-order valence-electron chi connectivity index (χ1n) is 8.96. The fraction of sp³-hybridized carbons (Fsp3) is 0.350. The van der Waals surface area contributed by atoms with Crippen molar-refractivity contribution in [3.05, 3.63) is 64.2 Å². The fourth-order valence-corrected chi connectivity index (χ4v) is 4.88. The predicted octanol–water partition coefficient (Wildman–Crippen LogP) is 3.92. The highest BCUT2D eigenvalue weighted by Crippen LogP contribution is 2.26. The first-order chi connectivity index (χ1) is 12.8. The molecule has 27 heavy (non-hydrogen) atoms. The summed E-state index contributed by atoms with van der Waals surface area (Å²) in [6.45, 7) is 4.90. The van der Waals surface area contributed by atoms with E-state index in [9.17, 15) is 13.2 Å². The van der Waals surface area contributed by atoms with Crippen molar-refractivity contribution in [2.75, 3.05) is 13.1 Å². The molecular formula is C20H23ClN2O3S. The molecule has 7 heteroatoms. The summed E-state index contributed by atoms with van der Waals surface area (Å²) in [6, 6.07) is 11.9. The van der Waals surface area contributed by atoms with Crippen LogP contribution in [0.2, 0.25) is 5.02 Å². The van der Waals surface area contributed by atoms with Gasteiger partial charge in [-0.05, 0) is 50.5 Å². The molecule has 1 fully saturated rings. The number of amides is 1. The molecule has 1 unspecified atom stereocenters. The zero-order valence-corrected chi connectivity index (χ0v) is 17.0. The Balaban J connectivity index is 1.83. The molecule has 1 aliphatic rings. The van der Waals surface area contributed by atoms with Gasteiger partial charge in [0.15, 0.2) is 0 Å². The second-order valence-corrected chi connectivity index (χ2v) is 9.20. The van der Waals surface area contributed by atoms with Crippen LogP contribution < -0.4 is 5.32 Å². The van der Waals surface area contributed by atoms with Crippen LogP contribution in [0.15, 0.2) is 47.4 Å². The summed E-state index contributed by atoms with van der Waals surface area (Å²) in [5, 5.41) is 3.12. The third kappa shape index (κ3) is 4.34. The number of benzene rings is 2. The Kier molecular flexibility index (Phi) is 5.89. The Hall–Kier alpha value is -1.89. The van der Waals surface area contributed by atoms with Gasteiger partial charge in [-0.3, -0.25) is 4.79 Å². The Bertz CT molecular complexity index is 936. The summed E-state index contributed by atoms with van der Waals surface area (Å²) in [4.78, 5) is 12.8. The number of nitrogens with zero attached hydrogens (tertiary/aromatic N) is 1. The molecule has 2 aromatic rings. The normalized spacial score (nSPS) is 16.3. The first kappa shape index (κ1) is 19.9. The van der Waals surface area contributed by atoms with E-state index < -0.39 is 15.9 Å². The summed E-state index contributed by atoms with van der Waals surface area (Å²) in [7, 11) is -3.60. The Morgan fingerprint density at radius 3 is 2.37 bits per heavy atom. The van der Waals surface area contributed by atoms with Gasteiger partial charge in [0.1, 0.15) is 0 Å². The molecule has 3 rings (SSSR count). The van der Waals surface area contributed by atoms with E-state index in [0.717, 1.165) is 24.0 Å². The minimum absolute atomic E-state index is 0.0990. The smallest absolute Gasteiger partial charge is 0.253 e. The zero-order valence-electron chi connectivity index (χ0n) is 15.4. The topological polar surface area (TPSA) is 66.5 Å². The fourth-order valence-electron chi connectivity index (χ4n) is 3.13. The zero-order chi connectivity index (χ0) is 19.6. The van der Waals surface area contributed by atoms with Gasteiger partial charge in [0.25, 0.3) is 5.91 Å². The van der Waals surface area contributed by atoms with Crippen molar-refractivity contribution >= 4 is 27.5 Å². The lowest BCUT2D eigenvalue weighted by atomic mass is 10.1. The van der Waals surface area contributed by atoms with Crippen LogP contribution in [-0.4, -0.2) is 31.7 Å². The maximum Gasteiger partial charge on any atom is 0.253 e. The van der Waals surface area contributed by atoms with Crippen LogP contribution in [0.25, 0.3) is 0 Å². The predicted molar refractivity (Wildman–Crippen MR) is 107 cm³/mol. The number of nitrogens with one attached hydrogen (secondary N) is 1. The van der Waals surface area contributed by atoms with Crippen molar-refractivity contribution in [3.8, 4) is 0 Å². The number of sulfonamides is 1. The molecule has 1 N–H and O–H groups in total. The van der Waals surface area contributed by atoms with Gasteiger partial charge in [-0.1, -0.05) is 41.4 Å². The van der Waals surface area contributed by atoms with Crippen molar-refractivity contribution in [1.82, 2.24) is 9.62 Å². The van der Waals surface area contributed by atoms with E-state index in [-0.39, 0.29) is 21.5 Å². The van der Waals surface area contributed by atoms with Crippen LogP contribution >= 0.6 is 11.6 Å². The molecule has 0 spiro atoms. The van der Waals surface area contributed by atoms with E-state index >= 15 is 0 Å². The molecule has 1 atom stereocenters. The van der Waals surface area contributed by atoms with Crippen molar-refractivity contribution in [2.45, 2.75) is 37.6 Å². The van der Waals surface area contributed by atoms with Gasteiger partial charge < -0.3 is 5.32 Å². The van der Waals surface area contributed by atoms with Crippen LogP contribution in [0.3, 0.4) is 0 Å². The van der Waals surface area contributed by atoms with Gasteiger partial charge in [0.2, 0.25) is 10.0 Å². The van der Waals surface area contributed by atoms with Gasteiger partial charge in [-0.15, -0.1) is 0 Å². The maximum atomic E-state index is 12.7. The van der Waals surface area contributed by atoms with E-state index in [1.807, 2.05) is 38.1 Å². The third-order valence-corrected chi connectivity index (χ3v) is 7.03. The molecule has 1 saturated heterocycles.